The third-order valence-electron chi connectivity index (χ3n) is 1.98. The van der Waals surface area contributed by atoms with Gasteiger partial charge in [0, 0.05) is 4.75 Å². The average molecular weight is 196 g/mol. The molecule has 0 aromatic heterocycles. The zero-order chi connectivity index (χ0) is 10.3. The Morgan fingerprint density at radius 1 is 1.00 bits per heavy atom. The molecule has 0 amide bonds. The van der Waals surface area contributed by atoms with Crippen molar-refractivity contribution in [2.24, 2.45) is 0 Å². The van der Waals surface area contributed by atoms with E-state index in [1.807, 2.05) is 25.6 Å². The van der Waals surface area contributed by atoms with Gasteiger partial charge >= 0.3 is 0 Å². The molecule has 0 heterocycles. The second-order valence-electron chi connectivity index (χ2n) is 3.08. The van der Waals surface area contributed by atoms with E-state index < -0.39 is 0 Å². The highest BCUT2D eigenvalue weighted by Crippen LogP contribution is 2.32. The maximum Gasteiger partial charge on any atom is 0.0349 e. The van der Waals surface area contributed by atoms with E-state index in [0.717, 1.165) is 0 Å². The van der Waals surface area contributed by atoms with Gasteiger partial charge in [-0.05, 0) is 25.7 Å². The molecule has 0 fully saturated rings. The van der Waals surface area contributed by atoms with Crippen molar-refractivity contribution in [2.45, 2.75) is 32.4 Å². The summed E-state index contributed by atoms with van der Waals surface area (Å²) in [5, 5.41) is 0. The van der Waals surface area contributed by atoms with Crippen molar-refractivity contribution >= 4 is 11.8 Å². The molecule has 0 radical (unpaired) electrons. The lowest BCUT2D eigenvalue weighted by atomic mass is 10.0. The first-order valence-electron chi connectivity index (χ1n) is 4.77. The zero-order valence-electron chi connectivity index (χ0n) is 9.29. The van der Waals surface area contributed by atoms with Gasteiger partial charge in [0.25, 0.3) is 0 Å². The number of rotatable bonds is 2. The van der Waals surface area contributed by atoms with Gasteiger partial charge in [-0.15, -0.1) is 0 Å². The van der Waals surface area contributed by atoms with Crippen molar-refractivity contribution in [1.82, 2.24) is 0 Å². The van der Waals surface area contributed by atoms with Gasteiger partial charge in [0.2, 0.25) is 0 Å². The lowest BCUT2D eigenvalue weighted by molar-refractivity contribution is 0.785. The largest absolute Gasteiger partial charge is 0.154 e. The molecule has 1 rings (SSSR count). The second kappa shape index (κ2) is 6.09. The monoisotopic (exact) mass is 196 g/mol. The Morgan fingerprint density at radius 3 is 1.85 bits per heavy atom. The molecular weight excluding hydrogens is 176 g/mol. The molecule has 1 aromatic rings. The van der Waals surface area contributed by atoms with Crippen LogP contribution in [0.25, 0.3) is 0 Å². The predicted molar refractivity (Wildman–Crippen MR) is 64.3 cm³/mol. The van der Waals surface area contributed by atoms with Gasteiger partial charge in [-0.3, -0.25) is 0 Å². The van der Waals surface area contributed by atoms with Gasteiger partial charge in [0.1, 0.15) is 0 Å². The molecule has 0 saturated heterocycles. The fourth-order valence-electron chi connectivity index (χ4n) is 0.957. The van der Waals surface area contributed by atoms with Crippen molar-refractivity contribution in [3.05, 3.63) is 35.9 Å². The fourth-order valence-corrected chi connectivity index (χ4v) is 1.33. The average Bonchev–Trinajstić information content (AvgIpc) is 2.22. The van der Waals surface area contributed by atoms with E-state index >= 15 is 0 Å². The normalized spacial score (nSPS) is 10.2. The van der Waals surface area contributed by atoms with Crippen molar-refractivity contribution in [1.29, 1.82) is 0 Å². The van der Waals surface area contributed by atoms with E-state index in [-0.39, 0.29) is 4.75 Å². The van der Waals surface area contributed by atoms with E-state index in [1.54, 1.807) is 0 Å². The third kappa shape index (κ3) is 3.86. The number of hydrogen-bond donors (Lipinski definition) is 0. The van der Waals surface area contributed by atoms with Crippen molar-refractivity contribution in [2.75, 3.05) is 6.26 Å². The van der Waals surface area contributed by atoms with Crippen LogP contribution in [0.15, 0.2) is 30.3 Å². The van der Waals surface area contributed by atoms with Crippen molar-refractivity contribution < 1.29 is 0 Å². The smallest absolute Gasteiger partial charge is 0.0349 e. The molecule has 74 valence electrons. The Labute approximate surface area is 86.7 Å². The SMILES string of the molecule is CC.CSC(C)(C)c1ccccc1. The number of benzene rings is 1. The minimum atomic E-state index is 0.251. The zero-order valence-corrected chi connectivity index (χ0v) is 10.1. The minimum Gasteiger partial charge on any atom is -0.154 e. The Hall–Kier alpha value is -0.430. The molecule has 0 nitrogen and oxygen atoms in total. The summed E-state index contributed by atoms with van der Waals surface area (Å²) in [6.45, 7) is 8.49. The molecule has 0 aliphatic heterocycles. The van der Waals surface area contributed by atoms with Gasteiger partial charge in [-0.1, -0.05) is 44.2 Å². The summed E-state index contributed by atoms with van der Waals surface area (Å²) in [6, 6.07) is 10.6. The summed E-state index contributed by atoms with van der Waals surface area (Å²) in [7, 11) is 0. The lowest BCUT2D eigenvalue weighted by Crippen LogP contribution is -2.10. The summed E-state index contributed by atoms with van der Waals surface area (Å²) in [5.41, 5.74) is 1.40. The van der Waals surface area contributed by atoms with Crippen LogP contribution in [0.3, 0.4) is 0 Å². The van der Waals surface area contributed by atoms with E-state index in [0.29, 0.717) is 0 Å². The van der Waals surface area contributed by atoms with Gasteiger partial charge in [-0.2, -0.15) is 11.8 Å². The number of thioether (sulfide) groups is 1. The summed E-state index contributed by atoms with van der Waals surface area (Å²) in [6.07, 6.45) is 2.15. The van der Waals surface area contributed by atoms with Crippen LogP contribution in [0.5, 0.6) is 0 Å². The molecule has 0 saturated carbocycles. The first kappa shape index (κ1) is 12.6. The lowest BCUT2D eigenvalue weighted by Gasteiger charge is -2.22. The molecule has 13 heavy (non-hydrogen) atoms. The van der Waals surface area contributed by atoms with Gasteiger partial charge < -0.3 is 0 Å². The Morgan fingerprint density at radius 2 is 1.46 bits per heavy atom. The van der Waals surface area contributed by atoms with E-state index in [1.165, 1.54) is 5.56 Å². The molecule has 0 atom stereocenters. The molecule has 0 bridgehead atoms. The van der Waals surface area contributed by atoms with Crippen LogP contribution in [0.4, 0.5) is 0 Å². The van der Waals surface area contributed by atoms with Crippen LogP contribution in [-0.2, 0) is 4.75 Å². The molecule has 0 aliphatic carbocycles. The van der Waals surface area contributed by atoms with Crippen LogP contribution in [0.1, 0.15) is 33.3 Å². The summed E-state index contributed by atoms with van der Waals surface area (Å²) in [4.78, 5) is 0. The minimum absolute atomic E-state index is 0.251. The predicted octanol–water partition coefficient (Wildman–Crippen LogP) is 4.31. The molecule has 1 heteroatoms. The fraction of sp³-hybridized carbons (Fsp3) is 0.500. The van der Waals surface area contributed by atoms with E-state index in [2.05, 4.69) is 50.4 Å². The maximum absolute atomic E-state index is 2.24. The van der Waals surface area contributed by atoms with Gasteiger partial charge in [-0.25, -0.2) is 0 Å². The highest BCUT2D eigenvalue weighted by molar-refractivity contribution is 7.99. The quantitative estimate of drug-likeness (QED) is 0.679. The highest BCUT2D eigenvalue weighted by atomic mass is 32.2. The van der Waals surface area contributed by atoms with Gasteiger partial charge in [0.15, 0.2) is 0 Å². The topological polar surface area (TPSA) is 0 Å². The molecule has 0 N–H and O–H groups in total. The summed E-state index contributed by atoms with van der Waals surface area (Å²) < 4.78 is 0.251. The van der Waals surface area contributed by atoms with Gasteiger partial charge in [0.05, 0.1) is 0 Å². The van der Waals surface area contributed by atoms with Crippen LogP contribution in [-0.4, -0.2) is 6.26 Å². The summed E-state index contributed by atoms with van der Waals surface area (Å²) >= 11 is 1.88. The molecule has 0 spiro atoms. The van der Waals surface area contributed by atoms with Crippen molar-refractivity contribution in [3.63, 3.8) is 0 Å². The Balaban J connectivity index is 0.000000671. The Bertz CT molecular complexity index is 214. The van der Waals surface area contributed by atoms with Crippen LogP contribution >= 0.6 is 11.8 Å². The van der Waals surface area contributed by atoms with Crippen LogP contribution in [0.2, 0.25) is 0 Å². The van der Waals surface area contributed by atoms with E-state index in [4.69, 9.17) is 0 Å². The maximum atomic E-state index is 2.24. The molecular formula is C12H20S. The third-order valence-corrected chi connectivity index (χ3v) is 3.24. The summed E-state index contributed by atoms with van der Waals surface area (Å²) in [5.74, 6) is 0. The van der Waals surface area contributed by atoms with Crippen LogP contribution < -0.4 is 0 Å². The standard InChI is InChI=1S/C10H14S.C2H6/c1-10(2,11-3)9-7-5-4-6-8-9;1-2/h4-8H,1-3H3;1-2H3. The Kier molecular flexibility index (Phi) is 5.89. The molecule has 0 aliphatic rings. The number of hydrogen-bond acceptors (Lipinski definition) is 1. The highest BCUT2D eigenvalue weighted by Gasteiger charge is 2.17. The first-order valence-corrected chi connectivity index (χ1v) is 6.00. The van der Waals surface area contributed by atoms with Crippen LogP contribution in [0, 0.1) is 0 Å². The van der Waals surface area contributed by atoms with Crippen molar-refractivity contribution in [3.8, 4) is 0 Å². The molecule has 1 aromatic carbocycles. The second-order valence-corrected chi connectivity index (χ2v) is 4.51. The van der Waals surface area contributed by atoms with E-state index in [9.17, 15) is 0 Å². The first-order chi connectivity index (χ1) is 6.17. The molecule has 0 unspecified atom stereocenters.